The number of aryl methyl sites for hydroxylation is 1. The lowest BCUT2D eigenvalue weighted by Gasteiger charge is -2.35. The molecule has 3 aromatic heterocycles. The molecule has 2 fully saturated rings. The Kier molecular flexibility index (Phi) is 9.12. The summed E-state index contributed by atoms with van der Waals surface area (Å²) in [6.45, 7) is 0.209. The summed E-state index contributed by atoms with van der Waals surface area (Å²) in [5.41, 5.74) is 2.72. The number of halogens is 2. The minimum Gasteiger partial charge on any atom is -0.478 e. The van der Waals surface area contributed by atoms with Gasteiger partial charge in [-0.3, -0.25) is 24.5 Å². The van der Waals surface area contributed by atoms with E-state index in [1.54, 1.807) is 54.4 Å². The number of amides is 3. The van der Waals surface area contributed by atoms with Crippen LogP contribution in [0.5, 0.6) is 5.75 Å². The summed E-state index contributed by atoms with van der Waals surface area (Å²) in [6.07, 6.45) is 1.20. The van der Waals surface area contributed by atoms with Gasteiger partial charge in [0.2, 0.25) is 11.9 Å². The molecule has 7 rings (SSSR count). The number of alkyl halides is 1. The van der Waals surface area contributed by atoms with E-state index in [1.807, 2.05) is 0 Å². The van der Waals surface area contributed by atoms with Crippen molar-refractivity contribution in [2.24, 2.45) is 7.05 Å². The molecule has 5 aromatic rings. The highest BCUT2D eigenvalue weighted by atomic mass is 35.5. The van der Waals surface area contributed by atoms with Gasteiger partial charge in [-0.05, 0) is 55.3 Å². The lowest BCUT2D eigenvalue weighted by molar-refractivity contribution is -0.136. The number of aromatic nitrogens is 6. The highest BCUT2D eigenvalue weighted by molar-refractivity contribution is 6.33. The second-order valence-corrected chi connectivity index (χ2v) is 12.7. The van der Waals surface area contributed by atoms with E-state index in [4.69, 9.17) is 16.3 Å². The van der Waals surface area contributed by atoms with E-state index in [-0.39, 0.29) is 47.7 Å². The number of nitrogens with zero attached hydrogens (tertiary/aromatic N) is 7. The van der Waals surface area contributed by atoms with E-state index < -0.39 is 24.2 Å². The molecule has 3 amide bonds. The Bertz CT molecular complexity index is 2240. The van der Waals surface area contributed by atoms with Crippen molar-refractivity contribution in [2.45, 2.75) is 37.5 Å². The number of nitrogens with one attached hydrogen (secondary N) is 4. The highest BCUT2D eigenvalue weighted by Crippen LogP contribution is 2.30. The maximum Gasteiger partial charge on any atom is 0.293 e. The number of rotatable bonds is 9. The van der Waals surface area contributed by atoms with Gasteiger partial charge in [0, 0.05) is 43.8 Å². The van der Waals surface area contributed by atoms with Crippen LogP contribution in [0.25, 0.3) is 21.9 Å². The van der Waals surface area contributed by atoms with E-state index in [0.29, 0.717) is 64.5 Å². The molecule has 0 radical (unpaired) electrons. The molecule has 3 atom stereocenters. The predicted octanol–water partition coefficient (Wildman–Crippen LogP) is 2.60. The van der Waals surface area contributed by atoms with Gasteiger partial charge < -0.3 is 30.2 Å². The molecule has 0 bridgehead atoms. The van der Waals surface area contributed by atoms with Crippen molar-refractivity contribution in [3.8, 4) is 5.75 Å². The molecule has 2 aliphatic rings. The smallest absolute Gasteiger partial charge is 0.293 e. The zero-order valence-electron chi connectivity index (χ0n) is 27.5. The number of likely N-dealkylation sites (N-methyl/N-ethyl adjacent to an activating group) is 1. The number of carbonyl (C=O) groups excluding carboxylic acids is 3. The fourth-order valence-electron chi connectivity index (χ4n) is 6.22. The van der Waals surface area contributed by atoms with Crippen LogP contribution in [-0.2, 0) is 21.4 Å². The molecule has 2 aliphatic heterocycles. The molecule has 0 saturated carbocycles. The molecule has 5 heterocycles. The van der Waals surface area contributed by atoms with Crippen LogP contribution in [0.3, 0.4) is 0 Å². The standard InChI is InChI=1S/C33H33ClFN11O5/c1-36-29(48)16-51-27-12-17-11-18(3-5-24(17)44(2)32(27)50)39-30-20(34)14-37-33(41-30)45-10-9-22(21(35)15-45)38-19-4-6-25-23(13-19)42-43-46(25)26-7-8-28(47)40-31(26)49/h3-6,11-14,21-22,26,38H,7-10,15-16H2,1-2H3,(H,36,48)(H,37,39,41)(H,40,47,49)/t21-,22-,26?/m0/s1. The van der Waals surface area contributed by atoms with Crippen molar-refractivity contribution in [3.05, 3.63) is 64.0 Å². The Labute approximate surface area is 294 Å². The molecular formula is C33H33ClFN11O5. The molecule has 2 aromatic carbocycles. The monoisotopic (exact) mass is 717 g/mol. The molecule has 0 aliphatic carbocycles. The molecule has 0 spiro atoms. The highest BCUT2D eigenvalue weighted by Gasteiger charge is 2.32. The van der Waals surface area contributed by atoms with Crippen LogP contribution in [-0.4, -0.2) is 86.2 Å². The summed E-state index contributed by atoms with van der Waals surface area (Å²) in [5, 5.41) is 20.5. The number of piperidine rings is 2. The van der Waals surface area contributed by atoms with Gasteiger partial charge in [0.05, 0.1) is 29.8 Å². The number of benzene rings is 2. The van der Waals surface area contributed by atoms with Crippen molar-refractivity contribution in [1.29, 1.82) is 0 Å². The fourth-order valence-corrected chi connectivity index (χ4v) is 6.36. The maximum atomic E-state index is 15.6. The second-order valence-electron chi connectivity index (χ2n) is 12.3. The van der Waals surface area contributed by atoms with Crippen molar-refractivity contribution in [2.75, 3.05) is 42.3 Å². The van der Waals surface area contributed by atoms with E-state index in [0.717, 1.165) is 0 Å². The number of pyridine rings is 1. The number of carbonyl (C=O) groups is 3. The Hall–Kier alpha value is -5.84. The van der Waals surface area contributed by atoms with Crippen LogP contribution < -0.4 is 36.5 Å². The van der Waals surface area contributed by atoms with Gasteiger partial charge in [-0.2, -0.15) is 4.98 Å². The van der Waals surface area contributed by atoms with Crippen LogP contribution in [0.4, 0.5) is 27.5 Å². The minimum atomic E-state index is -1.27. The molecule has 18 heteroatoms. The van der Waals surface area contributed by atoms with Crippen molar-refractivity contribution in [1.82, 2.24) is 40.2 Å². The number of ether oxygens (including phenoxy) is 1. The Morgan fingerprint density at radius 3 is 2.69 bits per heavy atom. The molecular weight excluding hydrogens is 685 g/mol. The van der Waals surface area contributed by atoms with E-state index in [9.17, 15) is 19.2 Å². The summed E-state index contributed by atoms with van der Waals surface area (Å²) in [6, 6.07) is 11.1. The van der Waals surface area contributed by atoms with Crippen molar-refractivity contribution >= 4 is 74.4 Å². The fraction of sp³-hybridized carbons (Fsp3) is 0.333. The third-order valence-electron chi connectivity index (χ3n) is 8.98. The number of anilines is 4. The Morgan fingerprint density at radius 1 is 1.10 bits per heavy atom. The first-order chi connectivity index (χ1) is 24.6. The summed E-state index contributed by atoms with van der Waals surface area (Å²) in [5.74, 6) is -0.430. The Balaban J connectivity index is 1.02. The number of imide groups is 1. The normalized spacial score (nSPS) is 19.2. The summed E-state index contributed by atoms with van der Waals surface area (Å²) in [4.78, 5) is 59.0. The molecule has 264 valence electrons. The predicted molar refractivity (Wildman–Crippen MR) is 187 cm³/mol. The van der Waals surface area contributed by atoms with Gasteiger partial charge in [0.25, 0.3) is 17.4 Å². The first-order valence-electron chi connectivity index (χ1n) is 16.2. The zero-order chi connectivity index (χ0) is 35.8. The van der Waals surface area contributed by atoms with E-state index >= 15 is 4.39 Å². The van der Waals surface area contributed by atoms with Crippen LogP contribution in [0.2, 0.25) is 5.02 Å². The van der Waals surface area contributed by atoms with Gasteiger partial charge in [-0.15, -0.1) is 5.10 Å². The first kappa shape index (κ1) is 33.6. The van der Waals surface area contributed by atoms with Crippen LogP contribution >= 0.6 is 11.6 Å². The van der Waals surface area contributed by atoms with Gasteiger partial charge in [-0.1, -0.05) is 16.8 Å². The van der Waals surface area contributed by atoms with Gasteiger partial charge in [0.1, 0.15) is 22.8 Å². The first-order valence-corrected chi connectivity index (χ1v) is 16.6. The van der Waals surface area contributed by atoms with Crippen LogP contribution in [0.15, 0.2) is 53.5 Å². The quantitative estimate of drug-likeness (QED) is 0.163. The number of fused-ring (bicyclic) bond motifs is 2. The number of hydrogen-bond donors (Lipinski definition) is 4. The summed E-state index contributed by atoms with van der Waals surface area (Å²) >= 11 is 6.46. The third-order valence-corrected chi connectivity index (χ3v) is 9.25. The molecule has 2 saturated heterocycles. The van der Waals surface area contributed by atoms with Crippen LogP contribution in [0, 0.1) is 0 Å². The van der Waals surface area contributed by atoms with Gasteiger partial charge in [0.15, 0.2) is 18.2 Å². The average Bonchev–Trinajstić information content (AvgIpc) is 3.53. The van der Waals surface area contributed by atoms with Crippen LogP contribution in [0.1, 0.15) is 25.3 Å². The molecule has 1 unspecified atom stereocenters. The Morgan fingerprint density at radius 2 is 1.90 bits per heavy atom. The lowest BCUT2D eigenvalue weighted by atomic mass is 10.0. The molecule has 51 heavy (non-hydrogen) atoms. The topological polar surface area (TPSA) is 190 Å². The maximum absolute atomic E-state index is 15.6. The zero-order valence-corrected chi connectivity index (χ0v) is 28.3. The van der Waals surface area contributed by atoms with Gasteiger partial charge in [-0.25, -0.2) is 14.1 Å². The van der Waals surface area contributed by atoms with E-state index in [1.165, 1.54) is 22.5 Å². The SMILES string of the molecule is CNC(=O)COc1cc2cc(Nc3nc(N4CC[C@H](Nc5ccc6c(c5)nnn6C5CCC(=O)NC5=O)[C@@H](F)C4)ncc3Cl)ccc2n(C)c1=O. The summed E-state index contributed by atoms with van der Waals surface area (Å²) < 4.78 is 24.0. The minimum absolute atomic E-state index is 0.0323. The second kappa shape index (κ2) is 13.8. The third kappa shape index (κ3) is 6.84. The number of hydrogen-bond acceptors (Lipinski definition) is 12. The molecule has 4 N–H and O–H groups in total. The van der Waals surface area contributed by atoms with E-state index in [2.05, 4.69) is 41.5 Å². The largest absolute Gasteiger partial charge is 0.478 e. The molecule has 16 nitrogen and oxygen atoms in total. The van der Waals surface area contributed by atoms with Crippen molar-refractivity contribution < 1.29 is 23.5 Å². The van der Waals surface area contributed by atoms with Gasteiger partial charge >= 0.3 is 0 Å². The summed E-state index contributed by atoms with van der Waals surface area (Å²) in [7, 11) is 3.10. The van der Waals surface area contributed by atoms with Crippen molar-refractivity contribution in [3.63, 3.8) is 0 Å². The average molecular weight is 718 g/mol. The lowest BCUT2D eigenvalue weighted by Crippen LogP contribution is -2.48.